The number of carbonyl (C=O) groups is 1. The van der Waals surface area contributed by atoms with E-state index in [0.29, 0.717) is 10.8 Å². The fraction of sp³-hybridized carbons (Fsp3) is 0.231. The Balaban J connectivity index is 2.30. The van der Waals surface area contributed by atoms with Crippen molar-refractivity contribution in [3.63, 3.8) is 0 Å². The van der Waals surface area contributed by atoms with Gasteiger partial charge in [-0.3, -0.25) is 4.79 Å². The van der Waals surface area contributed by atoms with Crippen LogP contribution >= 0.6 is 23.2 Å². The second kappa shape index (κ2) is 6.15. The molecule has 0 unspecified atom stereocenters. The van der Waals surface area contributed by atoms with Gasteiger partial charge in [0.2, 0.25) is 0 Å². The van der Waals surface area contributed by atoms with Crippen molar-refractivity contribution < 1.29 is 4.79 Å². The number of carbonyl (C=O) groups excluding carboxylic acids is 1. The quantitative estimate of drug-likeness (QED) is 0.941. The third-order valence-corrected chi connectivity index (χ3v) is 3.07. The maximum absolute atomic E-state index is 12.2. The van der Waals surface area contributed by atoms with Gasteiger partial charge in [-0.05, 0) is 12.1 Å². The summed E-state index contributed by atoms with van der Waals surface area (Å²) in [4.78, 5) is 24.4. The second-order valence-electron chi connectivity index (χ2n) is 4.37. The number of halogens is 2. The molecule has 1 N–H and O–H groups in total. The van der Waals surface area contributed by atoms with Crippen LogP contribution in [-0.2, 0) is 0 Å². The van der Waals surface area contributed by atoms with Crippen molar-refractivity contribution >= 4 is 34.9 Å². The first-order valence-electron chi connectivity index (χ1n) is 5.93. The van der Waals surface area contributed by atoms with Gasteiger partial charge in [-0.25, -0.2) is 15.0 Å². The zero-order chi connectivity index (χ0) is 14.7. The highest BCUT2D eigenvalue weighted by Gasteiger charge is 2.17. The third kappa shape index (κ3) is 3.23. The van der Waals surface area contributed by atoms with Crippen LogP contribution in [0.4, 0.5) is 5.82 Å². The molecule has 0 aliphatic heterocycles. The predicted octanol–water partition coefficient (Wildman–Crippen LogP) is 3.55. The van der Waals surface area contributed by atoms with E-state index in [0.717, 1.165) is 0 Å². The lowest BCUT2D eigenvalue weighted by atomic mass is 10.2. The first kappa shape index (κ1) is 14.7. The number of nitrogens with zero attached hydrogens (tertiary/aromatic N) is 3. The van der Waals surface area contributed by atoms with Gasteiger partial charge in [0.1, 0.15) is 5.82 Å². The van der Waals surface area contributed by atoms with Gasteiger partial charge < -0.3 is 5.32 Å². The molecular formula is C13H12Cl2N4O. The fourth-order valence-electron chi connectivity index (χ4n) is 1.46. The first-order valence-corrected chi connectivity index (χ1v) is 6.69. The summed E-state index contributed by atoms with van der Waals surface area (Å²) in [5, 5.41) is 3.10. The summed E-state index contributed by atoms with van der Waals surface area (Å²) >= 11 is 11.9. The molecule has 0 saturated heterocycles. The van der Waals surface area contributed by atoms with Gasteiger partial charge in [0.15, 0.2) is 11.5 Å². The van der Waals surface area contributed by atoms with Gasteiger partial charge in [0.05, 0.1) is 16.2 Å². The van der Waals surface area contributed by atoms with Crippen LogP contribution in [0.2, 0.25) is 10.0 Å². The maximum atomic E-state index is 12.2. The minimum atomic E-state index is -0.472. The molecule has 2 aromatic rings. The molecular weight excluding hydrogens is 299 g/mol. The number of anilines is 1. The van der Waals surface area contributed by atoms with E-state index >= 15 is 0 Å². The van der Waals surface area contributed by atoms with Crippen LogP contribution in [-0.4, -0.2) is 20.9 Å². The molecule has 0 aliphatic carbocycles. The zero-order valence-corrected chi connectivity index (χ0v) is 12.4. The third-order valence-electron chi connectivity index (χ3n) is 2.48. The Kier molecular flexibility index (Phi) is 4.52. The Hall–Kier alpha value is -1.72. The maximum Gasteiger partial charge on any atom is 0.277 e. The van der Waals surface area contributed by atoms with Crippen LogP contribution in [0, 0.1) is 0 Å². The first-order chi connectivity index (χ1) is 9.49. The molecule has 0 saturated carbocycles. The molecule has 5 nitrogen and oxygen atoms in total. The Bertz CT molecular complexity index is 646. The minimum absolute atomic E-state index is 0.0947. The molecule has 2 aromatic heterocycles. The van der Waals surface area contributed by atoms with Gasteiger partial charge in [-0.2, -0.15) is 0 Å². The summed E-state index contributed by atoms with van der Waals surface area (Å²) in [6.45, 7) is 3.86. The predicted molar refractivity (Wildman–Crippen MR) is 78.3 cm³/mol. The highest BCUT2D eigenvalue weighted by atomic mass is 35.5. The Morgan fingerprint density at radius 1 is 1.25 bits per heavy atom. The van der Waals surface area contributed by atoms with Gasteiger partial charge in [-0.15, -0.1) is 0 Å². The molecule has 0 radical (unpaired) electrons. The van der Waals surface area contributed by atoms with Crippen LogP contribution in [0.3, 0.4) is 0 Å². The molecule has 2 heterocycles. The molecule has 0 atom stereocenters. The molecule has 0 aromatic carbocycles. The Labute approximate surface area is 126 Å². The van der Waals surface area contributed by atoms with E-state index in [-0.39, 0.29) is 22.5 Å². The SMILES string of the molecule is CC(C)c1ncc(Cl)c(C(=O)Nc2ncccc2Cl)n1. The normalized spacial score (nSPS) is 10.7. The largest absolute Gasteiger partial charge is 0.304 e. The summed E-state index contributed by atoms with van der Waals surface area (Å²) < 4.78 is 0. The Morgan fingerprint density at radius 3 is 2.65 bits per heavy atom. The van der Waals surface area contributed by atoms with Crippen molar-refractivity contribution in [1.29, 1.82) is 0 Å². The molecule has 1 amide bonds. The fourth-order valence-corrected chi connectivity index (χ4v) is 1.81. The van der Waals surface area contributed by atoms with Crippen molar-refractivity contribution in [3.8, 4) is 0 Å². The summed E-state index contributed by atoms with van der Waals surface area (Å²) in [6.07, 6.45) is 2.95. The monoisotopic (exact) mass is 310 g/mol. The molecule has 7 heteroatoms. The van der Waals surface area contributed by atoms with Gasteiger partial charge in [0.25, 0.3) is 5.91 Å². The smallest absolute Gasteiger partial charge is 0.277 e. The van der Waals surface area contributed by atoms with Crippen LogP contribution in [0.25, 0.3) is 0 Å². The number of nitrogens with one attached hydrogen (secondary N) is 1. The van der Waals surface area contributed by atoms with Crippen molar-refractivity contribution in [2.45, 2.75) is 19.8 Å². The van der Waals surface area contributed by atoms with Crippen molar-refractivity contribution in [1.82, 2.24) is 15.0 Å². The molecule has 2 rings (SSSR count). The van der Waals surface area contributed by atoms with Gasteiger partial charge in [-0.1, -0.05) is 37.0 Å². The average Bonchev–Trinajstić information content (AvgIpc) is 2.41. The lowest BCUT2D eigenvalue weighted by Crippen LogP contribution is -2.17. The number of pyridine rings is 1. The van der Waals surface area contributed by atoms with E-state index in [4.69, 9.17) is 23.2 Å². The van der Waals surface area contributed by atoms with Crippen LogP contribution in [0.1, 0.15) is 36.1 Å². The number of amides is 1. The van der Waals surface area contributed by atoms with Crippen molar-refractivity contribution in [2.75, 3.05) is 5.32 Å². The molecule has 0 bridgehead atoms. The van der Waals surface area contributed by atoms with E-state index in [2.05, 4.69) is 20.3 Å². The summed E-state index contributed by atoms with van der Waals surface area (Å²) in [5.41, 5.74) is 0.104. The highest BCUT2D eigenvalue weighted by molar-refractivity contribution is 6.35. The molecule has 20 heavy (non-hydrogen) atoms. The van der Waals surface area contributed by atoms with E-state index in [1.54, 1.807) is 12.1 Å². The number of aromatic nitrogens is 3. The topological polar surface area (TPSA) is 67.8 Å². The zero-order valence-electron chi connectivity index (χ0n) is 10.9. The number of hydrogen-bond acceptors (Lipinski definition) is 4. The van der Waals surface area contributed by atoms with E-state index in [1.165, 1.54) is 12.4 Å². The van der Waals surface area contributed by atoms with Crippen LogP contribution in [0.5, 0.6) is 0 Å². The summed E-state index contributed by atoms with van der Waals surface area (Å²) in [6, 6.07) is 3.30. The highest BCUT2D eigenvalue weighted by Crippen LogP contribution is 2.21. The summed E-state index contributed by atoms with van der Waals surface area (Å²) in [5.74, 6) is 0.434. The molecule has 0 fully saturated rings. The molecule has 0 spiro atoms. The number of hydrogen-bond donors (Lipinski definition) is 1. The van der Waals surface area contributed by atoms with Crippen molar-refractivity contribution in [3.05, 3.63) is 46.1 Å². The van der Waals surface area contributed by atoms with Crippen LogP contribution in [0.15, 0.2) is 24.5 Å². The summed E-state index contributed by atoms with van der Waals surface area (Å²) in [7, 11) is 0. The van der Waals surface area contributed by atoms with Gasteiger partial charge >= 0.3 is 0 Å². The second-order valence-corrected chi connectivity index (χ2v) is 5.18. The Morgan fingerprint density at radius 2 is 2.00 bits per heavy atom. The van der Waals surface area contributed by atoms with E-state index < -0.39 is 5.91 Å². The molecule has 104 valence electrons. The van der Waals surface area contributed by atoms with Crippen LogP contribution < -0.4 is 5.32 Å². The lowest BCUT2D eigenvalue weighted by molar-refractivity contribution is 0.102. The number of rotatable bonds is 3. The average molecular weight is 311 g/mol. The molecule has 0 aliphatic rings. The van der Waals surface area contributed by atoms with Crippen molar-refractivity contribution in [2.24, 2.45) is 0 Å². The van der Waals surface area contributed by atoms with Gasteiger partial charge in [0, 0.05) is 12.1 Å². The minimum Gasteiger partial charge on any atom is -0.304 e. The van der Waals surface area contributed by atoms with E-state index in [9.17, 15) is 4.79 Å². The lowest BCUT2D eigenvalue weighted by Gasteiger charge is -2.09. The van der Waals surface area contributed by atoms with E-state index in [1.807, 2.05) is 13.8 Å². The standard InChI is InChI=1S/C13H12Cl2N4O/c1-7(2)11-17-6-9(15)10(18-11)13(20)19-12-8(14)4-3-5-16-12/h3-7H,1-2H3,(H,16,19,20).